The Morgan fingerprint density at radius 2 is 2.47 bits per heavy atom. The first kappa shape index (κ1) is 9.94. The van der Waals surface area contributed by atoms with Crippen molar-refractivity contribution < 1.29 is 0 Å². The van der Waals surface area contributed by atoms with E-state index in [2.05, 4.69) is 29.5 Å². The Kier molecular flexibility index (Phi) is 2.84. The maximum absolute atomic E-state index is 8.67. The Labute approximate surface area is 92.6 Å². The molecule has 15 heavy (non-hydrogen) atoms. The third-order valence-electron chi connectivity index (χ3n) is 2.26. The highest BCUT2D eigenvalue weighted by molar-refractivity contribution is 7.08. The van der Waals surface area contributed by atoms with Gasteiger partial charge in [0.1, 0.15) is 6.54 Å². The largest absolute Gasteiger partial charge is 0.255 e. The first-order valence-corrected chi connectivity index (χ1v) is 5.75. The molecule has 2 heterocycles. The lowest BCUT2D eigenvalue weighted by Gasteiger charge is -1.97. The Morgan fingerprint density at radius 3 is 3.07 bits per heavy atom. The van der Waals surface area contributed by atoms with Crippen LogP contribution in [0.2, 0.25) is 0 Å². The van der Waals surface area contributed by atoms with Crippen LogP contribution in [0, 0.1) is 11.3 Å². The molecule has 0 unspecified atom stereocenters. The van der Waals surface area contributed by atoms with E-state index in [9.17, 15) is 0 Å². The minimum atomic E-state index is 0.327. The van der Waals surface area contributed by atoms with Crippen LogP contribution < -0.4 is 0 Å². The molecule has 0 N–H and O–H groups in total. The summed E-state index contributed by atoms with van der Waals surface area (Å²) in [5, 5.41) is 17.2. The lowest BCUT2D eigenvalue weighted by molar-refractivity contribution is 0.671. The first-order valence-electron chi connectivity index (χ1n) is 4.81. The van der Waals surface area contributed by atoms with E-state index in [1.807, 2.05) is 11.4 Å². The fourth-order valence-corrected chi connectivity index (χ4v) is 2.14. The third kappa shape index (κ3) is 1.92. The third-order valence-corrected chi connectivity index (χ3v) is 2.95. The topological polar surface area (TPSA) is 41.6 Å². The first-order chi connectivity index (χ1) is 7.35. The van der Waals surface area contributed by atoms with E-state index < -0.39 is 0 Å². The molecule has 0 aliphatic rings. The highest BCUT2D eigenvalue weighted by Gasteiger charge is 2.07. The zero-order valence-corrected chi connectivity index (χ0v) is 9.29. The second-order valence-corrected chi connectivity index (χ2v) is 3.98. The standard InChI is InChI=1S/C11H11N3S/c1-2-10-7-11(9-3-6-15-8-9)13-14(10)5-4-12/h3,6-8H,2,5H2,1H3. The SMILES string of the molecule is CCc1cc(-c2ccsc2)nn1CC#N. The number of nitrogens with zero attached hydrogens (tertiary/aromatic N) is 3. The van der Waals surface area contributed by atoms with Crippen LogP contribution in [0.3, 0.4) is 0 Å². The summed E-state index contributed by atoms with van der Waals surface area (Å²) in [7, 11) is 0. The van der Waals surface area contributed by atoms with Gasteiger partial charge in [-0.15, -0.1) is 0 Å². The van der Waals surface area contributed by atoms with Gasteiger partial charge >= 0.3 is 0 Å². The molecule has 4 heteroatoms. The van der Waals surface area contributed by atoms with Crippen molar-refractivity contribution in [3.63, 3.8) is 0 Å². The molecule has 0 aliphatic carbocycles. The molecule has 0 saturated carbocycles. The summed E-state index contributed by atoms with van der Waals surface area (Å²) < 4.78 is 1.77. The van der Waals surface area contributed by atoms with E-state index in [4.69, 9.17) is 5.26 Å². The molecule has 2 aromatic heterocycles. The monoisotopic (exact) mass is 217 g/mol. The highest BCUT2D eigenvalue weighted by Crippen LogP contribution is 2.21. The van der Waals surface area contributed by atoms with Crippen molar-refractivity contribution in [1.82, 2.24) is 9.78 Å². The summed E-state index contributed by atoms with van der Waals surface area (Å²) in [6.45, 7) is 2.40. The van der Waals surface area contributed by atoms with E-state index in [0.29, 0.717) is 6.54 Å². The van der Waals surface area contributed by atoms with Crippen molar-refractivity contribution in [2.24, 2.45) is 0 Å². The molecule has 0 aliphatic heterocycles. The summed E-state index contributed by atoms with van der Waals surface area (Å²) in [5.41, 5.74) is 3.20. The Hall–Kier alpha value is -1.60. The maximum atomic E-state index is 8.67. The number of hydrogen-bond acceptors (Lipinski definition) is 3. The average molecular weight is 217 g/mol. The van der Waals surface area contributed by atoms with Gasteiger partial charge in [0.25, 0.3) is 0 Å². The van der Waals surface area contributed by atoms with Crippen molar-refractivity contribution in [1.29, 1.82) is 5.26 Å². The minimum Gasteiger partial charge on any atom is -0.255 e. The van der Waals surface area contributed by atoms with E-state index in [-0.39, 0.29) is 0 Å². The molecular weight excluding hydrogens is 206 g/mol. The fraction of sp³-hybridized carbons (Fsp3) is 0.273. The van der Waals surface area contributed by atoms with Crippen LogP contribution in [0.25, 0.3) is 11.3 Å². The highest BCUT2D eigenvalue weighted by atomic mass is 32.1. The average Bonchev–Trinajstić information content (AvgIpc) is 2.84. The zero-order chi connectivity index (χ0) is 10.7. The molecule has 0 atom stereocenters. The molecule has 2 rings (SSSR count). The summed E-state index contributed by atoms with van der Waals surface area (Å²) in [6.07, 6.45) is 0.902. The number of aryl methyl sites for hydroxylation is 1. The van der Waals surface area contributed by atoms with Crippen molar-refractivity contribution in [3.8, 4) is 17.3 Å². The molecule has 0 bridgehead atoms. The van der Waals surface area contributed by atoms with Crippen LogP contribution in [0.5, 0.6) is 0 Å². The van der Waals surface area contributed by atoms with Gasteiger partial charge in [0.15, 0.2) is 0 Å². The molecule has 3 nitrogen and oxygen atoms in total. The van der Waals surface area contributed by atoms with Crippen LogP contribution in [0.1, 0.15) is 12.6 Å². The second-order valence-electron chi connectivity index (χ2n) is 3.20. The van der Waals surface area contributed by atoms with Gasteiger partial charge in [-0.25, -0.2) is 0 Å². The van der Waals surface area contributed by atoms with Crippen molar-refractivity contribution in [3.05, 3.63) is 28.6 Å². The van der Waals surface area contributed by atoms with Gasteiger partial charge in [-0.1, -0.05) is 6.92 Å². The summed E-state index contributed by atoms with van der Waals surface area (Å²) in [6, 6.07) is 6.22. The quantitative estimate of drug-likeness (QED) is 0.793. The molecule has 0 spiro atoms. The molecule has 76 valence electrons. The van der Waals surface area contributed by atoms with E-state index in [0.717, 1.165) is 23.4 Å². The van der Waals surface area contributed by atoms with E-state index >= 15 is 0 Å². The Morgan fingerprint density at radius 1 is 1.60 bits per heavy atom. The number of thiophene rings is 1. The van der Waals surface area contributed by atoms with Crippen LogP contribution in [-0.4, -0.2) is 9.78 Å². The van der Waals surface area contributed by atoms with Gasteiger partial charge in [0.05, 0.1) is 11.8 Å². The predicted octanol–water partition coefficient (Wildman–Crippen LogP) is 2.70. The number of hydrogen-bond donors (Lipinski definition) is 0. The summed E-state index contributed by atoms with van der Waals surface area (Å²) >= 11 is 1.66. The van der Waals surface area contributed by atoms with Gasteiger partial charge in [0.2, 0.25) is 0 Å². The van der Waals surface area contributed by atoms with E-state index in [1.165, 1.54) is 0 Å². The molecular formula is C11H11N3S. The van der Waals surface area contributed by atoms with Gasteiger partial charge in [-0.2, -0.15) is 21.7 Å². The van der Waals surface area contributed by atoms with Gasteiger partial charge in [-0.05, 0) is 23.9 Å². The zero-order valence-electron chi connectivity index (χ0n) is 8.47. The lowest BCUT2D eigenvalue weighted by Crippen LogP contribution is -2.02. The minimum absolute atomic E-state index is 0.327. The summed E-state index contributed by atoms with van der Waals surface area (Å²) in [5.74, 6) is 0. The van der Waals surface area contributed by atoms with Crippen LogP contribution >= 0.6 is 11.3 Å². The van der Waals surface area contributed by atoms with Crippen molar-refractivity contribution in [2.45, 2.75) is 19.9 Å². The normalized spacial score (nSPS) is 10.1. The number of aromatic nitrogens is 2. The van der Waals surface area contributed by atoms with Crippen LogP contribution in [0.4, 0.5) is 0 Å². The fourth-order valence-electron chi connectivity index (χ4n) is 1.50. The molecule has 0 saturated heterocycles. The molecule has 0 fully saturated rings. The molecule has 0 aromatic carbocycles. The van der Waals surface area contributed by atoms with Crippen molar-refractivity contribution >= 4 is 11.3 Å². The van der Waals surface area contributed by atoms with Gasteiger partial charge < -0.3 is 0 Å². The van der Waals surface area contributed by atoms with E-state index in [1.54, 1.807) is 16.0 Å². The Bertz CT molecular complexity index is 476. The van der Waals surface area contributed by atoms with Crippen LogP contribution in [0.15, 0.2) is 22.9 Å². The van der Waals surface area contributed by atoms with Gasteiger partial charge in [0, 0.05) is 16.6 Å². The van der Waals surface area contributed by atoms with Crippen LogP contribution in [-0.2, 0) is 13.0 Å². The number of nitriles is 1. The van der Waals surface area contributed by atoms with Gasteiger partial charge in [-0.3, -0.25) is 4.68 Å². The predicted molar refractivity (Wildman–Crippen MR) is 60.5 cm³/mol. The second kappa shape index (κ2) is 4.28. The maximum Gasteiger partial charge on any atom is 0.128 e. The smallest absolute Gasteiger partial charge is 0.128 e. The molecule has 0 amide bonds. The Balaban J connectivity index is 2.39. The summed E-state index contributed by atoms with van der Waals surface area (Å²) in [4.78, 5) is 0. The number of rotatable bonds is 3. The molecule has 2 aromatic rings. The van der Waals surface area contributed by atoms with Crippen molar-refractivity contribution in [2.75, 3.05) is 0 Å². The molecule has 0 radical (unpaired) electrons. The lowest BCUT2D eigenvalue weighted by atomic mass is 10.2.